The van der Waals surface area contributed by atoms with Gasteiger partial charge < -0.3 is 10.1 Å². The highest BCUT2D eigenvalue weighted by molar-refractivity contribution is 5.56. The Balaban J connectivity index is 2.80. The topological polar surface area (TPSA) is 57.9 Å². The number of nitrogens with one attached hydrogen (secondary N) is 1. The molecule has 1 N–H and O–H groups in total. The number of nitrogens with zero attached hydrogens (tertiary/aromatic N) is 2. The summed E-state index contributed by atoms with van der Waals surface area (Å²) in [6, 6.07) is 4.11. The Morgan fingerprint density at radius 1 is 1.53 bits per heavy atom. The fraction of sp³-hybridized carbons (Fsp3) is 0.538. The molecule has 1 aromatic rings. The normalized spacial score (nSPS) is 11.9. The third kappa shape index (κ3) is 3.72. The zero-order chi connectivity index (χ0) is 12.8. The van der Waals surface area contributed by atoms with E-state index in [0.29, 0.717) is 23.9 Å². The van der Waals surface area contributed by atoms with Gasteiger partial charge in [-0.15, -0.1) is 0 Å². The Morgan fingerprint density at radius 3 is 2.82 bits per heavy atom. The van der Waals surface area contributed by atoms with Crippen LogP contribution in [0.15, 0.2) is 6.07 Å². The zero-order valence-electron chi connectivity index (χ0n) is 10.9. The average molecular weight is 233 g/mol. The minimum Gasteiger partial charge on any atom is -0.384 e. The van der Waals surface area contributed by atoms with Gasteiger partial charge in [-0.2, -0.15) is 5.26 Å². The van der Waals surface area contributed by atoms with Crippen LogP contribution >= 0.6 is 0 Å². The van der Waals surface area contributed by atoms with Crippen LogP contribution in [0.1, 0.15) is 23.7 Å². The van der Waals surface area contributed by atoms with Crippen LogP contribution in [0.25, 0.3) is 0 Å². The maximum Gasteiger partial charge on any atom is 0.144 e. The molecule has 0 aliphatic carbocycles. The van der Waals surface area contributed by atoms with Crippen molar-refractivity contribution in [3.63, 3.8) is 0 Å². The summed E-state index contributed by atoms with van der Waals surface area (Å²) in [5, 5.41) is 12.3. The molecule has 4 nitrogen and oxygen atoms in total. The van der Waals surface area contributed by atoms with E-state index in [1.807, 2.05) is 19.9 Å². The Morgan fingerprint density at radius 2 is 2.24 bits per heavy atom. The molecular weight excluding hydrogens is 214 g/mol. The molecule has 17 heavy (non-hydrogen) atoms. The van der Waals surface area contributed by atoms with Crippen molar-refractivity contribution >= 4 is 5.82 Å². The van der Waals surface area contributed by atoms with E-state index in [2.05, 4.69) is 23.3 Å². The van der Waals surface area contributed by atoms with E-state index in [9.17, 15) is 0 Å². The molecule has 92 valence electrons. The fourth-order valence-electron chi connectivity index (χ4n) is 1.72. The first kappa shape index (κ1) is 13.5. The zero-order valence-corrected chi connectivity index (χ0v) is 10.9. The van der Waals surface area contributed by atoms with Gasteiger partial charge in [0.05, 0.1) is 12.2 Å². The second-order valence-corrected chi connectivity index (χ2v) is 4.36. The molecule has 0 bridgehead atoms. The molecule has 1 heterocycles. The number of aryl methyl sites for hydroxylation is 2. The Kier molecular flexibility index (Phi) is 4.92. The lowest BCUT2D eigenvalue weighted by atomic mass is 10.1. The van der Waals surface area contributed by atoms with Gasteiger partial charge in [0.2, 0.25) is 0 Å². The largest absolute Gasteiger partial charge is 0.384 e. The first-order valence-electron chi connectivity index (χ1n) is 5.69. The predicted octanol–water partition coefficient (Wildman–Crippen LogP) is 2.26. The molecule has 0 saturated carbocycles. The highest BCUT2D eigenvalue weighted by Gasteiger charge is 2.09. The second kappa shape index (κ2) is 6.21. The van der Waals surface area contributed by atoms with Crippen molar-refractivity contribution in [2.45, 2.75) is 20.8 Å². The lowest BCUT2D eigenvalue weighted by Crippen LogP contribution is -2.17. The molecule has 4 heteroatoms. The van der Waals surface area contributed by atoms with Gasteiger partial charge in [0.25, 0.3) is 0 Å². The van der Waals surface area contributed by atoms with Crippen LogP contribution < -0.4 is 5.32 Å². The summed E-state index contributed by atoms with van der Waals surface area (Å²) < 4.78 is 5.07. The van der Waals surface area contributed by atoms with E-state index in [1.54, 1.807) is 7.11 Å². The van der Waals surface area contributed by atoms with Gasteiger partial charge in [-0.05, 0) is 31.4 Å². The summed E-state index contributed by atoms with van der Waals surface area (Å²) in [7, 11) is 1.69. The number of ether oxygens (including phenoxy) is 1. The minimum absolute atomic E-state index is 0.383. The number of pyridine rings is 1. The number of rotatable bonds is 5. The van der Waals surface area contributed by atoms with Gasteiger partial charge in [-0.25, -0.2) is 4.98 Å². The molecule has 0 amide bonds. The van der Waals surface area contributed by atoms with Gasteiger partial charge in [0.15, 0.2) is 0 Å². The molecule has 1 aromatic heterocycles. The molecule has 1 rings (SSSR count). The summed E-state index contributed by atoms with van der Waals surface area (Å²) >= 11 is 0. The number of aromatic nitrogens is 1. The average Bonchev–Trinajstić information content (AvgIpc) is 2.26. The van der Waals surface area contributed by atoms with Crippen molar-refractivity contribution in [1.82, 2.24) is 4.98 Å². The van der Waals surface area contributed by atoms with Gasteiger partial charge in [-0.3, -0.25) is 0 Å². The summed E-state index contributed by atoms with van der Waals surface area (Å²) in [5.74, 6) is 1.06. The number of anilines is 1. The Hall–Kier alpha value is -1.60. The minimum atomic E-state index is 0.383. The molecule has 0 radical (unpaired) electrons. The fourth-order valence-corrected chi connectivity index (χ4v) is 1.72. The van der Waals surface area contributed by atoms with Crippen molar-refractivity contribution in [2.75, 3.05) is 25.6 Å². The first-order valence-corrected chi connectivity index (χ1v) is 5.69. The number of hydrogen-bond acceptors (Lipinski definition) is 4. The van der Waals surface area contributed by atoms with Crippen LogP contribution in [-0.2, 0) is 4.74 Å². The smallest absolute Gasteiger partial charge is 0.144 e. The molecule has 0 fully saturated rings. The maximum atomic E-state index is 9.10. The lowest BCUT2D eigenvalue weighted by molar-refractivity contribution is 0.164. The third-order valence-corrected chi connectivity index (χ3v) is 2.53. The summed E-state index contributed by atoms with van der Waals surface area (Å²) in [5.41, 5.74) is 2.51. The number of nitriles is 1. The van der Waals surface area contributed by atoms with E-state index in [0.717, 1.165) is 17.8 Å². The molecule has 0 aliphatic heterocycles. The van der Waals surface area contributed by atoms with Gasteiger partial charge in [0, 0.05) is 19.3 Å². The molecule has 0 spiro atoms. The van der Waals surface area contributed by atoms with Gasteiger partial charge >= 0.3 is 0 Å². The molecule has 1 unspecified atom stereocenters. The van der Waals surface area contributed by atoms with E-state index in [-0.39, 0.29) is 0 Å². The van der Waals surface area contributed by atoms with E-state index < -0.39 is 0 Å². The van der Waals surface area contributed by atoms with Crippen molar-refractivity contribution < 1.29 is 4.74 Å². The number of hydrogen-bond donors (Lipinski definition) is 1. The molecule has 0 aromatic carbocycles. The van der Waals surface area contributed by atoms with Crippen LogP contribution in [0.4, 0.5) is 5.82 Å². The van der Waals surface area contributed by atoms with Crippen LogP contribution in [-0.4, -0.2) is 25.2 Å². The third-order valence-electron chi connectivity index (χ3n) is 2.53. The highest BCUT2D eigenvalue weighted by atomic mass is 16.5. The van der Waals surface area contributed by atoms with Crippen molar-refractivity contribution in [1.29, 1.82) is 5.26 Å². The van der Waals surface area contributed by atoms with Crippen LogP contribution in [0.2, 0.25) is 0 Å². The molecule has 0 aliphatic rings. The predicted molar refractivity (Wildman–Crippen MR) is 68.0 cm³/mol. The quantitative estimate of drug-likeness (QED) is 0.847. The van der Waals surface area contributed by atoms with E-state index >= 15 is 0 Å². The SMILES string of the molecule is COCC(C)CNc1nc(C)cc(C)c1C#N. The molecular formula is C13H19N3O. The molecule has 0 saturated heterocycles. The van der Waals surface area contributed by atoms with Crippen LogP contribution in [0.5, 0.6) is 0 Å². The van der Waals surface area contributed by atoms with Crippen molar-refractivity contribution in [2.24, 2.45) is 5.92 Å². The monoisotopic (exact) mass is 233 g/mol. The Bertz CT molecular complexity index is 423. The van der Waals surface area contributed by atoms with Gasteiger partial charge in [-0.1, -0.05) is 6.92 Å². The first-order chi connectivity index (χ1) is 8.08. The van der Waals surface area contributed by atoms with Crippen LogP contribution in [0.3, 0.4) is 0 Å². The van der Waals surface area contributed by atoms with E-state index in [1.165, 1.54) is 0 Å². The lowest BCUT2D eigenvalue weighted by Gasteiger charge is -2.14. The maximum absolute atomic E-state index is 9.10. The van der Waals surface area contributed by atoms with Crippen LogP contribution in [0, 0.1) is 31.1 Å². The molecule has 1 atom stereocenters. The Labute approximate surface area is 103 Å². The highest BCUT2D eigenvalue weighted by Crippen LogP contribution is 2.17. The van der Waals surface area contributed by atoms with E-state index in [4.69, 9.17) is 10.00 Å². The number of methoxy groups -OCH3 is 1. The van der Waals surface area contributed by atoms with Gasteiger partial charge in [0.1, 0.15) is 11.9 Å². The summed E-state index contributed by atoms with van der Waals surface area (Å²) in [4.78, 5) is 4.36. The van der Waals surface area contributed by atoms with Crippen molar-refractivity contribution in [3.05, 3.63) is 22.9 Å². The summed E-state index contributed by atoms with van der Waals surface area (Å²) in [6.07, 6.45) is 0. The standard InChI is InChI=1S/C13H19N3O/c1-9(8-17-4)7-15-13-12(6-14)10(2)5-11(3)16-13/h5,9H,7-8H2,1-4H3,(H,15,16). The van der Waals surface area contributed by atoms with Crippen molar-refractivity contribution in [3.8, 4) is 6.07 Å². The summed E-state index contributed by atoms with van der Waals surface area (Å²) in [6.45, 7) is 7.39. The second-order valence-electron chi connectivity index (χ2n) is 4.36.